The zero-order chi connectivity index (χ0) is 18.1. The average Bonchev–Trinajstić information content (AvgIpc) is 3.32. The highest BCUT2D eigenvalue weighted by atomic mass is 32.2. The molecule has 0 amide bonds. The Balaban J connectivity index is 0.00000140. The van der Waals surface area contributed by atoms with E-state index in [0.29, 0.717) is 5.16 Å². The smallest absolute Gasteiger partial charge is 0.322 e. The first kappa shape index (κ1) is 22.2. The lowest BCUT2D eigenvalue weighted by molar-refractivity contribution is 0.410. The van der Waals surface area contributed by atoms with Crippen molar-refractivity contribution in [2.45, 2.75) is 17.8 Å². The first-order valence-corrected chi connectivity index (χ1v) is 9.47. The molecule has 0 bridgehead atoms. The molecule has 9 heteroatoms. The second kappa shape index (κ2) is 9.44. The summed E-state index contributed by atoms with van der Waals surface area (Å²) >= 11 is -1.32. The van der Waals surface area contributed by atoms with Crippen LogP contribution in [0, 0.1) is 6.92 Å². The summed E-state index contributed by atoms with van der Waals surface area (Å²) < 4.78 is 20.1. The van der Waals surface area contributed by atoms with Crippen LogP contribution in [0.4, 0.5) is 0 Å². The molecule has 0 fully saturated rings. The standard InChI is InChI=1S/C19H18N4O2S.Mg.H2O.2H/c1-13-17(20-8-7-18(13)25-2)12-26(24)19-21-15-6-5-14(11-16(15)22-19)23-9-3-4-10-23;;;;/h3-11H,12H2,1-2H3,(H,21,22);;1H2;;. The number of fused-ring (bicyclic) bond motifs is 1. The Bertz CT molecular complexity index is 1050. The van der Waals surface area contributed by atoms with Crippen molar-refractivity contribution in [3.8, 4) is 11.4 Å². The number of aromatic amines is 1. The van der Waals surface area contributed by atoms with Crippen LogP contribution in [0.15, 0.2) is 60.1 Å². The SMILES string of the molecule is COc1ccnc(C[S+]([O-])c2nc3ccc(-n4cccc4)cc3[nH]2)c1C.O.[MgH2]. The monoisotopic (exact) mass is 410 g/mol. The highest BCUT2D eigenvalue weighted by Gasteiger charge is 2.20. The fourth-order valence-corrected chi connectivity index (χ4v) is 3.97. The first-order chi connectivity index (χ1) is 12.7. The molecule has 0 aliphatic carbocycles. The molecule has 0 aliphatic heterocycles. The largest absolute Gasteiger partial charge is 0.609 e. The Morgan fingerprint density at radius 3 is 2.68 bits per heavy atom. The number of benzene rings is 1. The van der Waals surface area contributed by atoms with Gasteiger partial charge in [0.15, 0.2) is 5.75 Å². The number of hydrogen-bond acceptors (Lipinski definition) is 4. The molecule has 4 rings (SSSR count). The molecule has 1 atom stereocenters. The Morgan fingerprint density at radius 1 is 1.21 bits per heavy atom. The Kier molecular flexibility index (Phi) is 7.50. The number of methoxy groups -OCH3 is 1. The number of nitrogens with one attached hydrogen (secondary N) is 1. The van der Waals surface area contributed by atoms with Gasteiger partial charge in [-0.1, -0.05) is 0 Å². The van der Waals surface area contributed by atoms with Crippen molar-refractivity contribution in [1.82, 2.24) is 19.5 Å². The van der Waals surface area contributed by atoms with Crippen LogP contribution in [0.1, 0.15) is 11.3 Å². The van der Waals surface area contributed by atoms with E-state index in [1.165, 1.54) is 0 Å². The number of pyridine rings is 1. The van der Waals surface area contributed by atoms with E-state index >= 15 is 0 Å². The normalized spacial score (nSPS) is 11.5. The molecule has 0 radical (unpaired) electrons. The fourth-order valence-electron chi connectivity index (χ4n) is 2.87. The number of rotatable bonds is 5. The zero-order valence-electron chi connectivity index (χ0n) is 15.0. The topological polar surface area (TPSA) is 110 Å². The molecule has 3 heterocycles. The van der Waals surface area contributed by atoms with Gasteiger partial charge >= 0.3 is 28.2 Å². The molecule has 1 unspecified atom stereocenters. The van der Waals surface area contributed by atoms with Gasteiger partial charge in [-0.2, -0.15) is 4.98 Å². The molecular formula is C19H22MgN4O3S. The van der Waals surface area contributed by atoms with Crippen LogP contribution in [0.5, 0.6) is 5.75 Å². The number of H-pyrrole nitrogens is 1. The van der Waals surface area contributed by atoms with Crippen LogP contribution in [-0.4, -0.2) is 59.7 Å². The van der Waals surface area contributed by atoms with Gasteiger partial charge in [0.1, 0.15) is 5.75 Å². The second-order valence-corrected chi connectivity index (χ2v) is 7.27. The summed E-state index contributed by atoms with van der Waals surface area (Å²) in [5.74, 6) is 1.03. The van der Waals surface area contributed by atoms with Crippen LogP contribution in [0.25, 0.3) is 16.7 Å². The van der Waals surface area contributed by atoms with Crippen molar-refractivity contribution in [1.29, 1.82) is 0 Å². The molecular weight excluding hydrogens is 389 g/mol. The van der Waals surface area contributed by atoms with Crippen molar-refractivity contribution >= 4 is 45.3 Å². The maximum atomic E-state index is 12.8. The minimum atomic E-state index is -1.32. The van der Waals surface area contributed by atoms with E-state index in [-0.39, 0.29) is 34.3 Å². The van der Waals surface area contributed by atoms with E-state index in [1.54, 1.807) is 19.4 Å². The summed E-state index contributed by atoms with van der Waals surface area (Å²) in [5, 5.41) is 0.452. The van der Waals surface area contributed by atoms with Crippen molar-refractivity contribution in [2.24, 2.45) is 0 Å². The van der Waals surface area contributed by atoms with Crippen LogP contribution in [-0.2, 0) is 16.9 Å². The molecule has 0 saturated heterocycles. The van der Waals surface area contributed by atoms with Crippen LogP contribution in [0.2, 0.25) is 0 Å². The van der Waals surface area contributed by atoms with Gasteiger partial charge < -0.3 is 19.3 Å². The molecule has 4 aromatic rings. The van der Waals surface area contributed by atoms with Gasteiger partial charge in [0.2, 0.25) is 0 Å². The average molecular weight is 411 g/mol. The predicted octanol–water partition coefficient (Wildman–Crippen LogP) is 1.63. The second-order valence-electron chi connectivity index (χ2n) is 5.91. The number of aromatic nitrogens is 4. The van der Waals surface area contributed by atoms with E-state index in [1.807, 2.05) is 54.2 Å². The highest BCUT2D eigenvalue weighted by molar-refractivity contribution is 7.90. The van der Waals surface area contributed by atoms with Crippen molar-refractivity contribution in [2.75, 3.05) is 7.11 Å². The molecule has 28 heavy (non-hydrogen) atoms. The van der Waals surface area contributed by atoms with E-state index in [2.05, 4.69) is 15.0 Å². The molecule has 3 aromatic heterocycles. The Morgan fingerprint density at radius 2 is 1.96 bits per heavy atom. The molecule has 0 aliphatic rings. The van der Waals surface area contributed by atoms with Crippen molar-refractivity contribution in [3.05, 3.63) is 66.2 Å². The number of ether oxygens (including phenoxy) is 1. The van der Waals surface area contributed by atoms with E-state index in [9.17, 15) is 4.55 Å². The number of hydrogen-bond donors (Lipinski definition) is 1. The zero-order valence-corrected chi connectivity index (χ0v) is 15.8. The highest BCUT2D eigenvalue weighted by Crippen LogP contribution is 2.24. The minimum absolute atomic E-state index is 0. The Labute approximate surface area is 181 Å². The minimum Gasteiger partial charge on any atom is -0.609 e. The summed E-state index contributed by atoms with van der Waals surface area (Å²) in [5.41, 5.74) is 4.31. The summed E-state index contributed by atoms with van der Waals surface area (Å²) in [6, 6.07) is 11.7. The molecule has 3 N–H and O–H groups in total. The number of nitrogens with zero attached hydrogens (tertiary/aromatic N) is 3. The molecule has 0 spiro atoms. The maximum Gasteiger partial charge on any atom is 0.322 e. The molecule has 7 nitrogen and oxygen atoms in total. The van der Waals surface area contributed by atoms with Crippen LogP contribution >= 0.6 is 0 Å². The lowest BCUT2D eigenvalue weighted by Crippen LogP contribution is -2.10. The van der Waals surface area contributed by atoms with Gasteiger partial charge in [-0.05, 0) is 43.3 Å². The Hall–Kier alpha value is -2.04. The third-order valence-electron chi connectivity index (χ3n) is 4.31. The van der Waals surface area contributed by atoms with Gasteiger partial charge in [-0.25, -0.2) is 0 Å². The van der Waals surface area contributed by atoms with Crippen LogP contribution < -0.4 is 4.74 Å². The van der Waals surface area contributed by atoms with E-state index in [4.69, 9.17) is 4.74 Å². The van der Waals surface area contributed by atoms with Gasteiger partial charge in [0.25, 0.3) is 0 Å². The lowest BCUT2D eigenvalue weighted by atomic mass is 10.2. The molecule has 0 saturated carbocycles. The first-order valence-electron chi connectivity index (χ1n) is 8.15. The summed E-state index contributed by atoms with van der Waals surface area (Å²) in [6.45, 7) is 1.92. The third-order valence-corrected chi connectivity index (χ3v) is 5.47. The summed E-state index contributed by atoms with van der Waals surface area (Å²) in [6.07, 6.45) is 5.63. The number of imidazole rings is 1. The molecule has 144 valence electrons. The lowest BCUT2D eigenvalue weighted by Gasteiger charge is -2.10. The fraction of sp³-hybridized carbons (Fsp3) is 0.158. The van der Waals surface area contributed by atoms with E-state index < -0.39 is 11.2 Å². The van der Waals surface area contributed by atoms with Crippen molar-refractivity contribution in [3.63, 3.8) is 0 Å². The van der Waals surface area contributed by atoms with Crippen LogP contribution in [0.3, 0.4) is 0 Å². The van der Waals surface area contributed by atoms with Crippen molar-refractivity contribution < 1.29 is 14.8 Å². The maximum absolute atomic E-state index is 12.8. The van der Waals surface area contributed by atoms with Gasteiger partial charge in [-0.15, -0.1) is 0 Å². The van der Waals surface area contributed by atoms with Gasteiger partial charge in [0.05, 0.1) is 23.8 Å². The third kappa shape index (κ3) is 4.34. The predicted molar refractivity (Wildman–Crippen MR) is 113 cm³/mol. The molecule has 1 aromatic carbocycles. The quantitative estimate of drug-likeness (QED) is 0.398. The summed E-state index contributed by atoms with van der Waals surface area (Å²) in [7, 11) is 1.62. The van der Waals surface area contributed by atoms with Gasteiger partial charge in [-0.3, -0.25) is 9.97 Å². The summed E-state index contributed by atoms with van der Waals surface area (Å²) in [4.78, 5) is 12.0. The van der Waals surface area contributed by atoms with Gasteiger partial charge in [0, 0.05) is 41.0 Å². The van der Waals surface area contributed by atoms with E-state index in [0.717, 1.165) is 33.7 Å².